The third-order valence-corrected chi connectivity index (χ3v) is 4.79. The van der Waals surface area contributed by atoms with Crippen molar-refractivity contribution in [2.75, 3.05) is 18.5 Å². The molecule has 3 aromatic rings. The number of ether oxygens (including phenoxy) is 1. The Morgan fingerprint density at radius 3 is 2.53 bits per heavy atom. The maximum Gasteiger partial charge on any atom is 0.262 e. The quantitative estimate of drug-likeness (QED) is 0.473. The van der Waals surface area contributed by atoms with E-state index in [9.17, 15) is 9.90 Å². The summed E-state index contributed by atoms with van der Waals surface area (Å²) in [7, 11) is 0. The second kappa shape index (κ2) is 10.8. The van der Waals surface area contributed by atoms with Crippen LogP contribution in [0.5, 0.6) is 5.75 Å². The predicted molar refractivity (Wildman–Crippen MR) is 120 cm³/mol. The molecule has 0 radical (unpaired) electrons. The number of benzene rings is 3. The minimum atomic E-state index is -0.616. The number of aliphatic hydroxyl groups is 1. The molecule has 0 aliphatic carbocycles. The number of hydrogen-bond donors (Lipinski definition) is 3. The molecule has 0 bridgehead atoms. The van der Waals surface area contributed by atoms with Crippen LogP contribution in [-0.2, 0) is 11.3 Å². The molecule has 30 heavy (non-hydrogen) atoms. The van der Waals surface area contributed by atoms with Crippen molar-refractivity contribution in [1.29, 1.82) is 0 Å². The summed E-state index contributed by atoms with van der Waals surface area (Å²) < 4.78 is 5.72. The highest BCUT2D eigenvalue weighted by Gasteiger charge is 2.10. The molecule has 6 heteroatoms. The van der Waals surface area contributed by atoms with Crippen molar-refractivity contribution >= 4 is 23.2 Å². The van der Waals surface area contributed by atoms with E-state index in [0.717, 1.165) is 22.4 Å². The Morgan fingerprint density at radius 2 is 1.80 bits per heavy atom. The van der Waals surface area contributed by atoms with Crippen LogP contribution >= 0.6 is 11.6 Å². The third-order valence-electron chi connectivity index (χ3n) is 4.55. The molecular weight excluding hydrogens is 400 g/mol. The molecule has 0 unspecified atom stereocenters. The summed E-state index contributed by atoms with van der Waals surface area (Å²) >= 11 is 6.12. The van der Waals surface area contributed by atoms with Gasteiger partial charge in [0.05, 0.1) is 6.10 Å². The van der Waals surface area contributed by atoms with Crippen LogP contribution in [0, 0.1) is 6.92 Å². The van der Waals surface area contributed by atoms with Gasteiger partial charge < -0.3 is 20.5 Å². The van der Waals surface area contributed by atoms with Crippen LogP contribution in [-0.4, -0.2) is 24.2 Å². The topological polar surface area (TPSA) is 70.6 Å². The van der Waals surface area contributed by atoms with Crippen LogP contribution in [0.3, 0.4) is 0 Å². The van der Waals surface area contributed by atoms with Crippen molar-refractivity contribution < 1.29 is 14.6 Å². The predicted octanol–water partition coefficient (Wildman–Crippen LogP) is 4.49. The van der Waals surface area contributed by atoms with Gasteiger partial charge in [-0.3, -0.25) is 4.79 Å². The highest BCUT2D eigenvalue weighted by atomic mass is 35.5. The van der Waals surface area contributed by atoms with E-state index in [1.807, 2.05) is 61.5 Å². The Balaban J connectivity index is 1.54. The first-order chi connectivity index (χ1) is 14.5. The molecular formula is C24H25ClN2O3. The van der Waals surface area contributed by atoms with E-state index >= 15 is 0 Å². The lowest BCUT2D eigenvalue weighted by Gasteiger charge is -2.15. The van der Waals surface area contributed by atoms with Crippen LogP contribution in [0.1, 0.15) is 22.8 Å². The Morgan fingerprint density at radius 1 is 1.07 bits per heavy atom. The van der Waals surface area contributed by atoms with Crippen molar-refractivity contribution in [3.8, 4) is 5.75 Å². The molecule has 0 saturated carbocycles. The molecule has 3 rings (SSSR count). The molecule has 1 amide bonds. The number of carbonyl (C=O) groups excluding carboxylic acids is 1. The minimum Gasteiger partial charge on any atom is -0.483 e. The van der Waals surface area contributed by atoms with Gasteiger partial charge >= 0.3 is 0 Å². The number of amides is 1. The summed E-state index contributed by atoms with van der Waals surface area (Å²) in [6.45, 7) is 2.70. The molecule has 0 aliphatic heterocycles. The lowest BCUT2D eigenvalue weighted by atomic mass is 10.1. The first kappa shape index (κ1) is 21.8. The zero-order valence-electron chi connectivity index (χ0n) is 16.8. The van der Waals surface area contributed by atoms with Gasteiger partial charge in [0.1, 0.15) is 5.75 Å². The Bertz CT molecular complexity index is 962. The largest absolute Gasteiger partial charge is 0.483 e. The van der Waals surface area contributed by atoms with Crippen LogP contribution in [0.4, 0.5) is 5.69 Å². The van der Waals surface area contributed by atoms with Gasteiger partial charge in [-0.25, -0.2) is 0 Å². The second-order valence-corrected chi connectivity index (χ2v) is 7.45. The van der Waals surface area contributed by atoms with Crippen molar-refractivity contribution in [3.05, 3.63) is 94.5 Å². The SMILES string of the molecule is Cc1ccc(NC(=O)COc2ccc(Cl)cc2CNC[C@H](O)c2ccccc2)cc1. The van der Waals surface area contributed by atoms with Crippen molar-refractivity contribution in [2.24, 2.45) is 0 Å². The summed E-state index contributed by atoms with van der Waals surface area (Å²) in [5.41, 5.74) is 3.51. The van der Waals surface area contributed by atoms with Crippen molar-refractivity contribution in [2.45, 2.75) is 19.6 Å². The van der Waals surface area contributed by atoms with Crippen LogP contribution in [0.15, 0.2) is 72.8 Å². The molecule has 0 fully saturated rings. The normalized spacial score (nSPS) is 11.7. The molecule has 1 atom stereocenters. The van der Waals surface area contributed by atoms with Crippen LogP contribution < -0.4 is 15.4 Å². The summed E-state index contributed by atoms with van der Waals surface area (Å²) in [6, 6.07) is 22.3. The number of anilines is 1. The van der Waals surface area contributed by atoms with E-state index in [1.54, 1.807) is 18.2 Å². The van der Waals surface area contributed by atoms with Gasteiger partial charge in [0.15, 0.2) is 6.61 Å². The van der Waals surface area contributed by atoms with E-state index in [4.69, 9.17) is 16.3 Å². The van der Waals surface area contributed by atoms with Gasteiger partial charge in [-0.2, -0.15) is 0 Å². The number of hydrogen-bond acceptors (Lipinski definition) is 4. The summed E-state index contributed by atoms with van der Waals surface area (Å²) in [6.07, 6.45) is -0.616. The first-order valence-corrected chi connectivity index (χ1v) is 10.1. The van der Waals surface area contributed by atoms with Gasteiger partial charge in [-0.05, 0) is 42.8 Å². The molecule has 0 spiro atoms. The van der Waals surface area contributed by atoms with Crippen LogP contribution in [0.25, 0.3) is 0 Å². The van der Waals surface area contributed by atoms with E-state index in [0.29, 0.717) is 23.9 Å². The Hall–Kier alpha value is -2.86. The number of aryl methyl sites for hydroxylation is 1. The second-order valence-electron chi connectivity index (χ2n) is 7.01. The zero-order valence-corrected chi connectivity index (χ0v) is 17.5. The summed E-state index contributed by atoms with van der Waals surface area (Å²) in [5, 5.41) is 16.9. The highest BCUT2D eigenvalue weighted by molar-refractivity contribution is 6.30. The highest BCUT2D eigenvalue weighted by Crippen LogP contribution is 2.23. The van der Waals surface area contributed by atoms with Gasteiger partial charge in [-0.1, -0.05) is 59.6 Å². The lowest BCUT2D eigenvalue weighted by molar-refractivity contribution is -0.118. The van der Waals surface area contributed by atoms with E-state index in [1.165, 1.54) is 0 Å². The molecule has 156 valence electrons. The maximum absolute atomic E-state index is 12.2. The molecule has 0 heterocycles. The third kappa shape index (κ3) is 6.59. The number of nitrogens with one attached hydrogen (secondary N) is 2. The zero-order chi connectivity index (χ0) is 21.3. The van der Waals surface area contributed by atoms with Crippen molar-refractivity contribution in [1.82, 2.24) is 5.32 Å². The average molecular weight is 425 g/mol. The summed E-state index contributed by atoms with van der Waals surface area (Å²) in [5.74, 6) is 0.326. The minimum absolute atomic E-state index is 0.116. The van der Waals surface area contributed by atoms with E-state index in [2.05, 4.69) is 10.6 Å². The fourth-order valence-electron chi connectivity index (χ4n) is 2.94. The summed E-state index contributed by atoms with van der Waals surface area (Å²) in [4.78, 5) is 12.2. The van der Waals surface area contributed by atoms with Gasteiger partial charge in [0.25, 0.3) is 5.91 Å². The number of halogens is 1. The monoisotopic (exact) mass is 424 g/mol. The van der Waals surface area contributed by atoms with Crippen LogP contribution in [0.2, 0.25) is 5.02 Å². The van der Waals surface area contributed by atoms with Gasteiger partial charge in [0.2, 0.25) is 0 Å². The van der Waals surface area contributed by atoms with Gasteiger partial charge in [0, 0.05) is 29.4 Å². The maximum atomic E-state index is 12.2. The number of rotatable bonds is 9. The molecule has 5 nitrogen and oxygen atoms in total. The molecule has 0 aliphatic rings. The fourth-order valence-corrected chi connectivity index (χ4v) is 3.14. The van der Waals surface area contributed by atoms with Crippen molar-refractivity contribution in [3.63, 3.8) is 0 Å². The molecule has 0 saturated heterocycles. The standard InChI is InChI=1S/C24H25ClN2O3/c1-17-7-10-21(11-8-17)27-24(29)16-30-23-12-9-20(25)13-19(23)14-26-15-22(28)18-5-3-2-4-6-18/h2-13,22,26,28H,14-16H2,1H3,(H,27,29)/t22-/m0/s1. The number of aliphatic hydroxyl groups excluding tert-OH is 1. The fraction of sp³-hybridized carbons (Fsp3) is 0.208. The van der Waals surface area contributed by atoms with E-state index in [-0.39, 0.29) is 12.5 Å². The lowest BCUT2D eigenvalue weighted by Crippen LogP contribution is -2.23. The molecule has 3 aromatic carbocycles. The Labute approximate surface area is 181 Å². The smallest absolute Gasteiger partial charge is 0.262 e. The number of carbonyl (C=O) groups is 1. The first-order valence-electron chi connectivity index (χ1n) is 9.73. The molecule has 3 N–H and O–H groups in total. The van der Waals surface area contributed by atoms with E-state index < -0.39 is 6.10 Å². The average Bonchev–Trinajstić information content (AvgIpc) is 2.75. The Kier molecular flexibility index (Phi) is 7.85. The van der Waals surface area contributed by atoms with Gasteiger partial charge in [-0.15, -0.1) is 0 Å². The molecule has 0 aromatic heterocycles.